The molecule has 138 valence electrons. The maximum absolute atomic E-state index is 11.6. The van der Waals surface area contributed by atoms with Gasteiger partial charge in [0.05, 0.1) is 18.5 Å². The van der Waals surface area contributed by atoms with Crippen molar-refractivity contribution in [3.05, 3.63) is 71.4 Å². The van der Waals surface area contributed by atoms with Crippen LogP contribution in [0.5, 0.6) is 5.75 Å². The summed E-state index contributed by atoms with van der Waals surface area (Å²) in [5.41, 5.74) is 5.84. The van der Waals surface area contributed by atoms with Gasteiger partial charge in [0.2, 0.25) is 0 Å². The lowest BCUT2D eigenvalue weighted by Crippen LogP contribution is -2.10. The highest BCUT2D eigenvalue weighted by Gasteiger charge is 2.21. The molecule has 3 aromatic carbocycles. The molecule has 0 amide bonds. The Morgan fingerprint density at radius 2 is 2.04 bits per heavy atom. The van der Waals surface area contributed by atoms with E-state index in [0.717, 1.165) is 56.1 Å². The second kappa shape index (κ2) is 6.34. The zero-order valence-electron chi connectivity index (χ0n) is 15.5. The molecule has 0 aliphatic carbocycles. The summed E-state index contributed by atoms with van der Waals surface area (Å²) in [6.45, 7) is 2.65. The molecule has 0 bridgehead atoms. The number of nitrogens with zero attached hydrogens (tertiary/aromatic N) is 1. The van der Waals surface area contributed by atoms with Gasteiger partial charge in [-0.1, -0.05) is 30.3 Å². The maximum Gasteiger partial charge on any atom is 0.307 e. The number of benzene rings is 3. The molecule has 0 saturated heterocycles. The molecule has 5 rings (SSSR count). The van der Waals surface area contributed by atoms with Crippen LogP contribution >= 0.6 is 0 Å². The van der Waals surface area contributed by atoms with Gasteiger partial charge in [0, 0.05) is 23.6 Å². The zero-order valence-corrected chi connectivity index (χ0v) is 15.5. The summed E-state index contributed by atoms with van der Waals surface area (Å²) in [5, 5.41) is 12.7. The molecule has 4 nitrogen and oxygen atoms in total. The largest absolute Gasteiger partial charge is 0.493 e. The van der Waals surface area contributed by atoms with Gasteiger partial charge in [-0.25, -0.2) is 0 Å². The Morgan fingerprint density at radius 1 is 1.18 bits per heavy atom. The minimum absolute atomic E-state index is 0.0224. The topological polar surface area (TPSA) is 59.4 Å². The SMILES string of the molecule is Cc1cc2ccccc2c(-c2ccc3c4c(ccnc24)CCO3)c1CC(=O)O. The van der Waals surface area contributed by atoms with Crippen LogP contribution in [0, 0.1) is 6.92 Å². The zero-order chi connectivity index (χ0) is 19.3. The number of aromatic nitrogens is 1. The van der Waals surface area contributed by atoms with Crippen molar-refractivity contribution in [1.82, 2.24) is 4.98 Å². The lowest BCUT2D eigenvalue weighted by molar-refractivity contribution is -0.136. The van der Waals surface area contributed by atoms with E-state index in [1.54, 1.807) is 0 Å². The highest BCUT2D eigenvalue weighted by molar-refractivity contribution is 6.08. The molecule has 2 heterocycles. The molecule has 4 aromatic rings. The van der Waals surface area contributed by atoms with E-state index < -0.39 is 5.97 Å². The summed E-state index contributed by atoms with van der Waals surface area (Å²) in [4.78, 5) is 16.3. The third-order valence-electron chi connectivity index (χ3n) is 5.55. The maximum atomic E-state index is 11.6. The molecule has 1 aromatic heterocycles. The first-order valence-corrected chi connectivity index (χ1v) is 9.40. The van der Waals surface area contributed by atoms with Gasteiger partial charge in [0.25, 0.3) is 0 Å². The number of pyridine rings is 1. The van der Waals surface area contributed by atoms with E-state index in [0.29, 0.717) is 6.61 Å². The van der Waals surface area contributed by atoms with E-state index in [1.165, 1.54) is 5.56 Å². The molecule has 0 fully saturated rings. The van der Waals surface area contributed by atoms with Crippen LogP contribution in [0.15, 0.2) is 54.7 Å². The first-order valence-electron chi connectivity index (χ1n) is 9.40. The van der Waals surface area contributed by atoms with E-state index in [2.05, 4.69) is 18.2 Å². The number of carboxylic acids is 1. The van der Waals surface area contributed by atoms with Gasteiger partial charge in [-0.15, -0.1) is 0 Å². The minimum atomic E-state index is -0.835. The number of carboxylic acid groups (broad SMARTS) is 1. The summed E-state index contributed by atoms with van der Waals surface area (Å²) in [5.74, 6) is 0.0171. The van der Waals surface area contributed by atoms with E-state index in [-0.39, 0.29) is 6.42 Å². The number of hydrogen-bond donors (Lipinski definition) is 1. The van der Waals surface area contributed by atoms with E-state index in [1.807, 2.05) is 43.5 Å². The van der Waals surface area contributed by atoms with Crippen LogP contribution in [-0.4, -0.2) is 22.7 Å². The molecule has 0 atom stereocenters. The van der Waals surface area contributed by atoms with Crippen molar-refractivity contribution in [3.8, 4) is 16.9 Å². The van der Waals surface area contributed by atoms with Gasteiger partial charge in [-0.05, 0) is 58.1 Å². The molecule has 0 saturated carbocycles. The molecular weight excluding hydrogens is 350 g/mol. The van der Waals surface area contributed by atoms with Gasteiger partial charge in [0.1, 0.15) is 5.75 Å². The summed E-state index contributed by atoms with van der Waals surface area (Å²) in [7, 11) is 0. The van der Waals surface area contributed by atoms with Crippen molar-refractivity contribution >= 4 is 27.6 Å². The quantitative estimate of drug-likeness (QED) is 0.556. The third kappa shape index (κ3) is 2.53. The Balaban J connectivity index is 1.92. The summed E-state index contributed by atoms with van der Waals surface area (Å²) in [6.07, 6.45) is 2.67. The molecule has 0 spiro atoms. The van der Waals surface area contributed by atoms with Crippen LogP contribution in [0.4, 0.5) is 0 Å². The molecule has 1 aliphatic heterocycles. The normalized spacial score (nSPS) is 12.9. The lowest BCUT2D eigenvalue weighted by atomic mass is 9.87. The van der Waals surface area contributed by atoms with Crippen molar-refractivity contribution in [1.29, 1.82) is 0 Å². The number of hydrogen-bond acceptors (Lipinski definition) is 3. The predicted molar refractivity (Wildman–Crippen MR) is 110 cm³/mol. The number of aliphatic carboxylic acids is 1. The Labute approximate surface area is 162 Å². The average molecular weight is 369 g/mol. The lowest BCUT2D eigenvalue weighted by Gasteiger charge is -2.21. The molecule has 1 aliphatic rings. The van der Waals surface area contributed by atoms with Gasteiger partial charge < -0.3 is 9.84 Å². The van der Waals surface area contributed by atoms with Crippen molar-refractivity contribution in [3.63, 3.8) is 0 Å². The fourth-order valence-corrected chi connectivity index (χ4v) is 4.32. The number of rotatable bonds is 3. The fraction of sp³-hybridized carbons (Fsp3) is 0.167. The van der Waals surface area contributed by atoms with E-state index in [4.69, 9.17) is 9.72 Å². The number of carbonyl (C=O) groups is 1. The van der Waals surface area contributed by atoms with Crippen molar-refractivity contribution in [2.45, 2.75) is 19.8 Å². The second-order valence-corrected chi connectivity index (χ2v) is 7.24. The summed E-state index contributed by atoms with van der Waals surface area (Å²) < 4.78 is 5.86. The van der Waals surface area contributed by atoms with Crippen LogP contribution in [-0.2, 0) is 17.6 Å². The molecule has 4 heteroatoms. The second-order valence-electron chi connectivity index (χ2n) is 7.24. The third-order valence-corrected chi connectivity index (χ3v) is 5.55. The Bertz CT molecular complexity index is 1250. The Kier molecular flexibility index (Phi) is 3.79. The van der Waals surface area contributed by atoms with Crippen LogP contribution < -0.4 is 4.74 Å². The van der Waals surface area contributed by atoms with Crippen molar-refractivity contribution in [2.75, 3.05) is 6.61 Å². The van der Waals surface area contributed by atoms with Gasteiger partial charge in [-0.3, -0.25) is 9.78 Å². The van der Waals surface area contributed by atoms with Crippen LogP contribution in [0.3, 0.4) is 0 Å². The number of ether oxygens (including phenoxy) is 1. The Hall–Kier alpha value is -3.40. The molecule has 28 heavy (non-hydrogen) atoms. The number of fused-ring (bicyclic) bond motifs is 1. The Morgan fingerprint density at radius 3 is 2.89 bits per heavy atom. The predicted octanol–water partition coefficient (Wildman–Crippen LogP) is 4.93. The molecular formula is C24H19NO3. The molecule has 0 radical (unpaired) electrons. The molecule has 0 unspecified atom stereocenters. The van der Waals surface area contributed by atoms with Crippen LogP contribution in [0.1, 0.15) is 16.7 Å². The first-order chi connectivity index (χ1) is 13.6. The van der Waals surface area contributed by atoms with E-state index in [9.17, 15) is 9.90 Å². The molecule has 1 N–H and O–H groups in total. The van der Waals surface area contributed by atoms with Gasteiger partial charge >= 0.3 is 5.97 Å². The van der Waals surface area contributed by atoms with Gasteiger partial charge in [-0.2, -0.15) is 0 Å². The summed E-state index contributed by atoms with van der Waals surface area (Å²) in [6, 6.07) is 16.2. The van der Waals surface area contributed by atoms with Crippen molar-refractivity contribution in [2.24, 2.45) is 0 Å². The number of aryl methyl sites for hydroxylation is 1. The van der Waals surface area contributed by atoms with Crippen molar-refractivity contribution < 1.29 is 14.6 Å². The monoisotopic (exact) mass is 369 g/mol. The standard InChI is InChI=1S/C24H19NO3/c1-14-12-16-4-2-3-5-17(16)23(19(14)13-21(26)27)18-6-7-20-22-15(9-11-28-20)8-10-25-24(18)22/h2-8,10,12H,9,11,13H2,1H3,(H,26,27). The fourth-order valence-electron chi connectivity index (χ4n) is 4.32. The highest BCUT2D eigenvalue weighted by atomic mass is 16.5. The van der Waals surface area contributed by atoms with E-state index >= 15 is 0 Å². The van der Waals surface area contributed by atoms with Crippen LogP contribution in [0.2, 0.25) is 0 Å². The van der Waals surface area contributed by atoms with Crippen LogP contribution in [0.25, 0.3) is 32.8 Å². The summed E-state index contributed by atoms with van der Waals surface area (Å²) >= 11 is 0. The van der Waals surface area contributed by atoms with Gasteiger partial charge in [0.15, 0.2) is 0 Å². The minimum Gasteiger partial charge on any atom is -0.493 e. The highest BCUT2D eigenvalue weighted by Crippen LogP contribution is 2.42. The first kappa shape index (κ1) is 16.8. The smallest absolute Gasteiger partial charge is 0.307 e. The average Bonchev–Trinajstić information content (AvgIpc) is 2.70.